The van der Waals surface area contributed by atoms with Crippen LogP contribution in [0, 0.1) is 11.3 Å². The molecule has 0 saturated heterocycles. The normalized spacial score (nSPS) is 11.4. The van der Waals surface area contributed by atoms with Crippen LogP contribution in [-0.4, -0.2) is 19.7 Å². The van der Waals surface area contributed by atoms with E-state index in [0.29, 0.717) is 12.4 Å². The van der Waals surface area contributed by atoms with Crippen molar-refractivity contribution in [2.24, 2.45) is 0 Å². The van der Waals surface area contributed by atoms with E-state index >= 15 is 0 Å². The second-order valence-corrected chi connectivity index (χ2v) is 3.47. The number of nitriles is 1. The quantitative estimate of drug-likeness (QED) is 0.732. The summed E-state index contributed by atoms with van der Waals surface area (Å²) in [6.45, 7) is 2.07. The van der Waals surface area contributed by atoms with E-state index in [2.05, 4.69) is 6.07 Å². The molecule has 0 aliphatic carbocycles. The Labute approximate surface area is 101 Å². The van der Waals surface area contributed by atoms with Gasteiger partial charge in [-0.25, -0.2) is 0 Å². The van der Waals surface area contributed by atoms with Crippen molar-refractivity contribution < 1.29 is 14.3 Å². The lowest BCUT2D eigenvalue weighted by Gasteiger charge is -2.10. The van der Waals surface area contributed by atoms with Crippen LogP contribution in [0.15, 0.2) is 24.3 Å². The second kappa shape index (κ2) is 6.54. The van der Waals surface area contributed by atoms with E-state index in [1.807, 2.05) is 0 Å². The van der Waals surface area contributed by atoms with E-state index in [0.717, 1.165) is 5.56 Å². The van der Waals surface area contributed by atoms with Gasteiger partial charge in [0.2, 0.25) is 0 Å². The highest BCUT2D eigenvalue weighted by molar-refractivity contribution is 5.71. The van der Waals surface area contributed by atoms with Gasteiger partial charge in [0.15, 0.2) is 0 Å². The molecule has 0 bridgehead atoms. The average Bonchev–Trinajstić information content (AvgIpc) is 2.36. The number of methoxy groups -OCH3 is 1. The molecule has 1 rings (SSSR count). The van der Waals surface area contributed by atoms with Crippen molar-refractivity contribution in [2.75, 3.05) is 13.7 Å². The largest absolute Gasteiger partial charge is 0.497 e. The minimum atomic E-state index is -0.496. The van der Waals surface area contributed by atoms with Crippen molar-refractivity contribution >= 4 is 5.97 Å². The molecule has 0 saturated carbocycles. The number of hydrogen-bond donors (Lipinski definition) is 0. The van der Waals surface area contributed by atoms with E-state index < -0.39 is 5.92 Å². The van der Waals surface area contributed by atoms with Crippen LogP contribution in [-0.2, 0) is 9.53 Å². The van der Waals surface area contributed by atoms with Gasteiger partial charge < -0.3 is 9.47 Å². The van der Waals surface area contributed by atoms with Crippen LogP contribution in [0.2, 0.25) is 0 Å². The summed E-state index contributed by atoms with van der Waals surface area (Å²) in [4.78, 5) is 11.3. The zero-order valence-corrected chi connectivity index (χ0v) is 9.97. The highest BCUT2D eigenvalue weighted by Crippen LogP contribution is 2.23. The standard InChI is InChI=1S/C13H15NO3/c1-3-17-13(15)8-11(9-14)10-5-4-6-12(7-10)16-2/h4-7,11H,3,8H2,1-2H3/t11-/m1/s1. The number of benzene rings is 1. The fourth-order valence-corrected chi connectivity index (χ4v) is 1.48. The van der Waals surface area contributed by atoms with Crippen LogP contribution in [0.25, 0.3) is 0 Å². The lowest BCUT2D eigenvalue weighted by molar-refractivity contribution is -0.143. The first-order chi connectivity index (χ1) is 8.21. The van der Waals surface area contributed by atoms with Gasteiger partial charge >= 0.3 is 5.97 Å². The second-order valence-electron chi connectivity index (χ2n) is 3.47. The van der Waals surface area contributed by atoms with E-state index in [9.17, 15) is 4.79 Å². The summed E-state index contributed by atoms with van der Waals surface area (Å²) in [5.41, 5.74) is 0.764. The van der Waals surface area contributed by atoms with Crippen LogP contribution in [0.5, 0.6) is 5.75 Å². The Morgan fingerprint density at radius 1 is 1.53 bits per heavy atom. The van der Waals surface area contributed by atoms with E-state index in [-0.39, 0.29) is 12.4 Å². The molecule has 0 heterocycles. The van der Waals surface area contributed by atoms with E-state index in [1.54, 1.807) is 38.3 Å². The molecule has 0 aliphatic rings. The van der Waals surface area contributed by atoms with Gasteiger partial charge in [0.25, 0.3) is 0 Å². The molecule has 0 spiro atoms. The third-order valence-electron chi connectivity index (χ3n) is 2.33. The topological polar surface area (TPSA) is 59.3 Å². The first kappa shape index (κ1) is 13.0. The summed E-state index contributed by atoms with van der Waals surface area (Å²) in [7, 11) is 1.56. The molecule has 0 aromatic heterocycles. The lowest BCUT2D eigenvalue weighted by atomic mass is 9.97. The van der Waals surface area contributed by atoms with Gasteiger partial charge in [0.1, 0.15) is 5.75 Å². The van der Waals surface area contributed by atoms with Crippen LogP contribution in [0.4, 0.5) is 0 Å². The highest BCUT2D eigenvalue weighted by Gasteiger charge is 2.16. The summed E-state index contributed by atoms with van der Waals surface area (Å²) in [5.74, 6) is -0.183. The average molecular weight is 233 g/mol. The number of hydrogen-bond acceptors (Lipinski definition) is 4. The molecule has 0 N–H and O–H groups in total. The van der Waals surface area contributed by atoms with Crippen molar-refractivity contribution in [3.63, 3.8) is 0 Å². The van der Waals surface area contributed by atoms with Crippen molar-refractivity contribution in [2.45, 2.75) is 19.3 Å². The number of nitrogens with zero attached hydrogens (tertiary/aromatic N) is 1. The van der Waals surface area contributed by atoms with E-state index in [1.165, 1.54) is 0 Å². The molecule has 0 radical (unpaired) electrons. The molecule has 1 aromatic rings. The summed E-state index contributed by atoms with van der Waals surface area (Å²) in [5, 5.41) is 9.06. The van der Waals surface area contributed by atoms with Gasteiger partial charge in [0.05, 0.1) is 32.1 Å². The minimum absolute atomic E-state index is 0.0670. The number of esters is 1. The van der Waals surface area contributed by atoms with Crippen LogP contribution in [0.3, 0.4) is 0 Å². The molecule has 90 valence electrons. The maximum Gasteiger partial charge on any atom is 0.307 e. The zero-order chi connectivity index (χ0) is 12.7. The maximum absolute atomic E-state index is 11.3. The van der Waals surface area contributed by atoms with Crippen LogP contribution < -0.4 is 4.74 Å². The fraction of sp³-hybridized carbons (Fsp3) is 0.385. The van der Waals surface area contributed by atoms with Gasteiger partial charge in [-0.15, -0.1) is 0 Å². The Hall–Kier alpha value is -2.02. The van der Waals surface area contributed by atoms with Crippen molar-refractivity contribution in [1.82, 2.24) is 0 Å². The van der Waals surface area contributed by atoms with Gasteiger partial charge in [-0.3, -0.25) is 4.79 Å². The molecule has 4 heteroatoms. The summed E-state index contributed by atoms with van der Waals surface area (Å²) in [6.07, 6.45) is 0.0670. The Morgan fingerprint density at radius 3 is 2.88 bits per heavy atom. The monoisotopic (exact) mass is 233 g/mol. The van der Waals surface area contributed by atoms with E-state index in [4.69, 9.17) is 14.7 Å². The molecule has 0 amide bonds. The summed E-state index contributed by atoms with van der Waals surface area (Å²) < 4.78 is 9.91. The predicted octanol–water partition coefficient (Wildman–Crippen LogP) is 2.26. The third kappa shape index (κ3) is 3.80. The summed E-state index contributed by atoms with van der Waals surface area (Å²) in [6, 6.07) is 9.25. The molecular formula is C13H15NO3. The van der Waals surface area contributed by atoms with Gasteiger partial charge in [0, 0.05) is 0 Å². The third-order valence-corrected chi connectivity index (χ3v) is 2.33. The smallest absolute Gasteiger partial charge is 0.307 e. The van der Waals surface area contributed by atoms with Gasteiger partial charge in [-0.05, 0) is 24.6 Å². The number of rotatable bonds is 5. The van der Waals surface area contributed by atoms with Gasteiger partial charge in [-0.1, -0.05) is 12.1 Å². The molecule has 0 unspecified atom stereocenters. The molecule has 17 heavy (non-hydrogen) atoms. The molecule has 4 nitrogen and oxygen atoms in total. The first-order valence-electron chi connectivity index (χ1n) is 5.40. The SMILES string of the molecule is CCOC(=O)C[C@H](C#N)c1cccc(OC)c1. The maximum atomic E-state index is 11.3. The lowest BCUT2D eigenvalue weighted by Crippen LogP contribution is -2.09. The zero-order valence-electron chi connectivity index (χ0n) is 9.97. The molecule has 0 aliphatic heterocycles. The Kier molecular flexibility index (Phi) is 5.02. The number of ether oxygens (including phenoxy) is 2. The Bertz CT molecular complexity index is 423. The number of carbonyl (C=O) groups excluding carboxylic acids is 1. The van der Waals surface area contributed by atoms with Crippen molar-refractivity contribution in [3.05, 3.63) is 29.8 Å². The number of carbonyl (C=O) groups is 1. The predicted molar refractivity (Wildman–Crippen MR) is 62.6 cm³/mol. The Balaban J connectivity index is 2.79. The van der Waals surface area contributed by atoms with Crippen molar-refractivity contribution in [1.29, 1.82) is 5.26 Å². The molecule has 0 fully saturated rings. The molecular weight excluding hydrogens is 218 g/mol. The molecule has 1 aromatic carbocycles. The Morgan fingerprint density at radius 2 is 2.29 bits per heavy atom. The highest BCUT2D eigenvalue weighted by atomic mass is 16.5. The summed E-state index contributed by atoms with van der Waals surface area (Å²) >= 11 is 0. The first-order valence-corrected chi connectivity index (χ1v) is 5.40. The van der Waals surface area contributed by atoms with Crippen LogP contribution >= 0.6 is 0 Å². The molecule has 1 atom stereocenters. The van der Waals surface area contributed by atoms with Gasteiger partial charge in [-0.2, -0.15) is 5.26 Å². The minimum Gasteiger partial charge on any atom is -0.497 e. The van der Waals surface area contributed by atoms with Crippen molar-refractivity contribution in [3.8, 4) is 11.8 Å². The van der Waals surface area contributed by atoms with Crippen LogP contribution in [0.1, 0.15) is 24.8 Å². The fourth-order valence-electron chi connectivity index (χ4n) is 1.48.